The van der Waals surface area contributed by atoms with E-state index < -0.39 is 0 Å². The lowest BCUT2D eigenvalue weighted by atomic mass is 10.1. The molecule has 0 bridgehead atoms. The minimum absolute atomic E-state index is 0.0924. The third-order valence-corrected chi connectivity index (χ3v) is 3.67. The SMILES string of the molecule is CCSCCOC(=O)Cc1cc(F)ccc1Br. The number of carbonyl (C=O) groups is 1. The van der Waals surface area contributed by atoms with Crippen molar-refractivity contribution in [2.24, 2.45) is 0 Å². The molecule has 0 radical (unpaired) electrons. The quantitative estimate of drug-likeness (QED) is 0.593. The average molecular weight is 321 g/mol. The number of rotatable bonds is 6. The molecular formula is C12H14BrFO2S. The fourth-order valence-corrected chi connectivity index (χ4v) is 2.12. The summed E-state index contributed by atoms with van der Waals surface area (Å²) in [4.78, 5) is 11.5. The zero-order valence-electron chi connectivity index (χ0n) is 9.54. The van der Waals surface area contributed by atoms with Gasteiger partial charge in [-0.25, -0.2) is 4.39 Å². The van der Waals surface area contributed by atoms with Crippen LogP contribution < -0.4 is 0 Å². The van der Waals surface area contributed by atoms with Gasteiger partial charge in [-0.2, -0.15) is 11.8 Å². The Labute approximate surface area is 113 Å². The van der Waals surface area contributed by atoms with Crippen LogP contribution in [0.4, 0.5) is 4.39 Å². The average Bonchev–Trinajstić information content (AvgIpc) is 2.29. The van der Waals surface area contributed by atoms with Gasteiger partial charge in [0.05, 0.1) is 6.42 Å². The first-order chi connectivity index (χ1) is 8.13. The van der Waals surface area contributed by atoms with Crippen molar-refractivity contribution >= 4 is 33.7 Å². The van der Waals surface area contributed by atoms with Gasteiger partial charge < -0.3 is 4.74 Å². The number of hydrogen-bond acceptors (Lipinski definition) is 3. The largest absolute Gasteiger partial charge is 0.465 e. The van der Waals surface area contributed by atoms with E-state index in [2.05, 4.69) is 22.9 Å². The van der Waals surface area contributed by atoms with Gasteiger partial charge >= 0.3 is 5.97 Å². The number of halogens is 2. The molecule has 0 unspecified atom stereocenters. The topological polar surface area (TPSA) is 26.3 Å². The first-order valence-electron chi connectivity index (χ1n) is 5.30. The lowest BCUT2D eigenvalue weighted by Crippen LogP contribution is -2.11. The number of esters is 1. The molecule has 0 saturated heterocycles. The van der Waals surface area contributed by atoms with E-state index in [0.717, 1.165) is 16.0 Å². The van der Waals surface area contributed by atoms with Crippen LogP contribution >= 0.6 is 27.7 Å². The van der Waals surface area contributed by atoms with E-state index in [4.69, 9.17) is 4.74 Å². The van der Waals surface area contributed by atoms with Gasteiger partial charge in [-0.1, -0.05) is 22.9 Å². The Morgan fingerprint density at radius 2 is 2.29 bits per heavy atom. The van der Waals surface area contributed by atoms with Crippen LogP contribution in [0.25, 0.3) is 0 Å². The molecule has 0 atom stereocenters. The fraction of sp³-hybridized carbons (Fsp3) is 0.417. The molecule has 1 rings (SSSR count). The van der Waals surface area contributed by atoms with Gasteiger partial charge in [0.15, 0.2) is 0 Å². The van der Waals surface area contributed by atoms with Gasteiger partial charge in [0, 0.05) is 10.2 Å². The van der Waals surface area contributed by atoms with E-state index in [9.17, 15) is 9.18 Å². The Kier molecular flexibility index (Phi) is 6.58. The second-order valence-electron chi connectivity index (χ2n) is 3.33. The highest BCUT2D eigenvalue weighted by molar-refractivity contribution is 9.10. The molecule has 0 aliphatic rings. The maximum atomic E-state index is 13.0. The first-order valence-corrected chi connectivity index (χ1v) is 7.25. The van der Waals surface area contributed by atoms with E-state index >= 15 is 0 Å². The Morgan fingerprint density at radius 1 is 1.53 bits per heavy atom. The molecule has 0 saturated carbocycles. The minimum Gasteiger partial charge on any atom is -0.465 e. The van der Waals surface area contributed by atoms with Crippen molar-refractivity contribution in [3.05, 3.63) is 34.1 Å². The van der Waals surface area contributed by atoms with E-state index in [1.54, 1.807) is 17.8 Å². The molecule has 1 aromatic rings. The van der Waals surface area contributed by atoms with E-state index in [1.807, 2.05) is 0 Å². The highest BCUT2D eigenvalue weighted by atomic mass is 79.9. The van der Waals surface area contributed by atoms with E-state index in [-0.39, 0.29) is 18.2 Å². The normalized spacial score (nSPS) is 10.3. The monoisotopic (exact) mass is 320 g/mol. The van der Waals surface area contributed by atoms with Crippen molar-refractivity contribution in [1.29, 1.82) is 0 Å². The smallest absolute Gasteiger partial charge is 0.310 e. The fourth-order valence-electron chi connectivity index (χ4n) is 1.24. The first kappa shape index (κ1) is 14.5. The zero-order valence-corrected chi connectivity index (χ0v) is 11.9. The molecule has 0 fully saturated rings. The molecule has 17 heavy (non-hydrogen) atoms. The highest BCUT2D eigenvalue weighted by Crippen LogP contribution is 2.18. The Balaban J connectivity index is 2.42. The van der Waals surface area contributed by atoms with Crippen LogP contribution in [-0.4, -0.2) is 24.1 Å². The van der Waals surface area contributed by atoms with Gasteiger partial charge in [0.1, 0.15) is 12.4 Å². The highest BCUT2D eigenvalue weighted by Gasteiger charge is 2.08. The van der Waals surface area contributed by atoms with Crippen molar-refractivity contribution in [3.8, 4) is 0 Å². The summed E-state index contributed by atoms with van der Waals surface area (Å²) in [5.41, 5.74) is 0.609. The number of hydrogen-bond donors (Lipinski definition) is 0. The lowest BCUT2D eigenvalue weighted by molar-refractivity contribution is -0.142. The summed E-state index contributed by atoms with van der Waals surface area (Å²) < 4.78 is 18.7. The molecule has 0 aromatic heterocycles. The summed E-state index contributed by atoms with van der Waals surface area (Å²) >= 11 is 4.99. The molecule has 0 aliphatic heterocycles. The number of benzene rings is 1. The van der Waals surface area contributed by atoms with Gasteiger partial charge in [0.2, 0.25) is 0 Å². The van der Waals surface area contributed by atoms with Crippen LogP contribution in [0.1, 0.15) is 12.5 Å². The van der Waals surface area contributed by atoms with Crippen molar-refractivity contribution in [1.82, 2.24) is 0 Å². The summed E-state index contributed by atoms with van der Waals surface area (Å²) in [5, 5.41) is 0. The van der Waals surface area contributed by atoms with Gasteiger partial charge in [-0.05, 0) is 29.5 Å². The number of ether oxygens (including phenoxy) is 1. The van der Waals surface area contributed by atoms with Crippen LogP contribution in [0.5, 0.6) is 0 Å². The molecule has 1 aromatic carbocycles. The predicted octanol–water partition coefficient (Wildman–Crippen LogP) is 3.43. The van der Waals surface area contributed by atoms with Gasteiger partial charge in [0.25, 0.3) is 0 Å². The Morgan fingerprint density at radius 3 is 3.00 bits per heavy atom. The van der Waals surface area contributed by atoms with Crippen LogP contribution in [0, 0.1) is 5.82 Å². The van der Waals surface area contributed by atoms with Crippen LogP contribution in [0.2, 0.25) is 0 Å². The van der Waals surface area contributed by atoms with Crippen LogP contribution in [0.3, 0.4) is 0 Å². The second kappa shape index (κ2) is 7.71. The summed E-state index contributed by atoms with van der Waals surface area (Å²) in [6.45, 7) is 2.46. The molecular weight excluding hydrogens is 307 g/mol. The molecule has 94 valence electrons. The molecule has 2 nitrogen and oxygen atoms in total. The number of thioether (sulfide) groups is 1. The summed E-state index contributed by atoms with van der Waals surface area (Å²) in [5.74, 6) is 1.13. The standard InChI is InChI=1S/C12H14BrFO2S/c1-2-17-6-5-16-12(15)8-9-7-10(14)3-4-11(9)13/h3-4,7H,2,5-6,8H2,1H3. The van der Waals surface area contributed by atoms with Crippen molar-refractivity contribution in [2.45, 2.75) is 13.3 Å². The molecule has 0 aliphatic carbocycles. The number of carbonyl (C=O) groups excluding carboxylic acids is 1. The summed E-state index contributed by atoms with van der Waals surface area (Å²) in [6, 6.07) is 4.27. The third kappa shape index (κ3) is 5.55. The molecule has 5 heteroatoms. The Hall–Kier alpha value is -0.550. The molecule has 0 heterocycles. The van der Waals surface area contributed by atoms with Crippen molar-refractivity contribution in [2.75, 3.05) is 18.1 Å². The second-order valence-corrected chi connectivity index (χ2v) is 5.58. The van der Waals surface area contributed by atoms with Crippen LogP contribution in [-0.2, 0) is 16.0 Å². The Bertz CT molecular complexity index is 385. The molecule has 0 N–H and O–H groups in total. The van der Waals surface area contributed by atoms with E-state index in [1.165, 1.54) is 12.1 Å². The minimum atomic E-state index is -0.350. The summed E-state index contributed by atoms with van der Waals surface area (Å²) in [7, 11) is 0. The maximum Gasteiger partial charge on any atom is 0.310 e. The van der Waals surface area contributed by atoms with Crippen molar-refractivity contribution in [3.63, 3.8) is 0 Å². The predicted molar refractivity (Wildman–Crippen MR) is 71.8 cm³/mol. The van der Waals surface area contributed by atoms with E-state index in [0.29, 0.717) is 12.2 Å². The maximum absolute atomic E-state index is 13.0. The lowest BCUT2D eigenvalue weighted by Gasteiger charge is -2.06. The van der Waals surface area contributed by atoms with Gasteiger partial charge in [-0.3, -0.25) is 4.79 Å². The van der Waals surface area contributed by atoms with Crippen molar-refractivity contribution < 1.29 is 13.9 Å². The zero-order chi connectivity index (χ0) is 12.7. The summed E-state index contributed by atoms with van der Waals surface area (Å²) in [6.07, 6.45) is 0.0924. The van der Waals surface area contributed by atoms with Gasteiger partial charge in [-0.15, -0.1) is 0 Å². The van der Waals surface area contributed by atoms with Crippen LogP contribution in [0.15, 0.2) is 22.7 Å². The molecule has 0 amide bonds. The third-order valence-electron chi connectivity index (χ3n) is 2.04. The molecule has 0 spiro atoms.